The predicted molar refractivity (Wildman–Crippen MR) is 84.8 cm³/mol. The molecular formula is C15H14BF4N5. The molecule has 1 aromatic carbocycles. The van der Waals surface area contributed by atoms with Crippen LogP contribution in [0.25, 0.3) is 17.4 Å². The second-order valence-corrected chi connectivity index (χ2v) is 5.52. The van der Waals surface area contributed by atoms with Crippen molar-refractivity contribution in [2.45, 2.75) is 12.8 Å². The summed E-state index contributed by atoms with van der Waals surface area (Å²) in [6, 6.07) is 10.4. The number of rotatable bonds is 1. The molecule has 1 aliphatic carbocycles. The van der Waals surface area contributed by atoms with E-state index in [1.165, 1.54) is 16.7 Å². The lowest BCUT2D eigenvalue weighted by molar-refractivity contribution is -0.709. The van der Waals surface area contributed by atoms with Crippen LogP contribution < -0.4 is 4.68 Å². The van der Waals surface area contributed by atoms with E-state index in [0.29, 0.717) is 0 Å². The second-order valence-electron chi connectivity index (χ2n) is 5.52. The van der Waals surface area contributed by atoms with E-state index in [4.69, 9.17) is 0 Å². The first kappa shape index (κ1) is 17.1. The third-order valence-corrected chi connectivity index (χ3v) is 3.70. The van der Waals surface area contributed by atoms with Crippen molar-refractivity contribution in [3.63, 3.8) is 0 Å². The van der Waals surface area contributed by atoms with Gasteiger partial charge in [-0.15, -0.1) is 9.67 Å². The SMILES string of the molecule is C[n+]1nnn2c3c(cnc21)CCC3=Cc1ccccc1.F[B-](F)(F)F. The molecule has 3 aromatic rings. The molecular weight excluding hydrogens is 337 g/mol. The number of aromatic nitrogens is 5. The smallest absolute Gasteiger partial charge is 0.418 e. The summed E-state index contributed by atoms with van der Waals surface area (Å²) in [5, 5.41) is 8.26. The van der Waals surface area contributed by atoms with Gasteiger partial charge in [-0.2, -0.15) is 0 Å². The molecule has 4 rings (SSSR count). The maximum atomic E-state index is 9.75. The Morgan fingerprint density at radius 1 is 1.12 bits per heavy atom. The van der Waals surface area contributed by atoms with Gasteiger partial charge in [-0.05, 0) is 30.1 Å². The summed E-state index contributed by atoms with van der Waals surface area (Å²) in [4.78, 5) is 4.43. The lowest BCUT2D eigenvalue weighted by atomic mass is 10.1. The molecule has 0 fully saturated rings. The molecule has 0 unspecified atom stereocenters. The largest absolute Gasteiger partial charge is 0.673 e. The van der Waals surface area contributed by atoms with E-state index in [0.717, 1.165) is 24.3 Å². The van der Waals surface area contributed by atoms with Gasteiger partial charge in [0.05, 0.1) is 18.5 Å². The molecule has 0 radical (unpaired) electrons. The number of tetrazole rings is 1. The van der Waals surface area contributed by atoms with Crippen molar-refractivity contribution in [2.75, 3.05) is 0 Å². The number of hydrogen-bond donors (Lipinski definition) is 0. The summed E-state index contributed by atoms with van der Waals surface area (Å²) in [7, 11) is -4.14. The summed E-state index contributed by atoms with van der Waals surface area (Å²) in [6.07, 6.45) is 6.21. The highest BCUT2D eigenvalue weighted by Gasteiger charge is 2.27. The summed E-state index contributed by atoms with van der Waals surface area (Å²) in [6.45, 7) is 0. The number of halogens is 4. The lowest BCUT2D eigenvalue weighted by Crippen LogP contribution is -2.31. The van der Waals surface area contributed by atoms with Gasteiger partial charge in [-0.1, -0.05) is 34.8 Å². The van der Waals surface area contributed by atoms with Gasteiger partial charge in [-0.25, -0.2) is 0 Å². The van der Waals surface area contributed by atoms with Crippen molar-refractivity contribution >= 4 is 24.7 Å². The van der Waals surface area contributed by atoms with E-state index in [1.807, 2.05) is 23.8 Å². The van der Waals surface area contributed by atoms with Crippen molar-refractivity contribution in [1.29, 1.82) is 0 Å². The van der Waals surface area contributed by atoms with Gasteiger partial charge in [0.1, 0.15) is 10.9 Å². The van der Waals surface area contributed by atoms with Crippen molar-refractivity contribution in [1.82, 2.24) is 19.9 Å². The summed E-state index contributed by atoms with van der Waals surface area (Å²) in [5.74, 6) is 0.768. The molecule has 10 heteroatoms. The average molecular weight is 351 g/mol. The zero-order chi connectivity index (χ0) is 18.0. The number of fused-ring (bicyclic) bond motifs is 3. The van der Waals surface area contributed by atoms with E-state index in [2.05, 4.69) is 45.8 Å². The van der Waals surface area contributed by atoms with Crippen LogP contribution in [0, 0.1) is 0 Å². The van der Waals surface area contributed by atoms with E-state index < -0.39 is 7.25 Å². The molecule has 0 bridgehead atoms. The van der Waals surface area contributed by atoms with Crippen LogP contribution in [0.15, 0.2) is 36.5 Å². The minimum absolute atomic E-state index is 0.768. The first-order valence-electron chi connectivity index (χ1n) is 7.56. The van der Waals surface area contributed by atoms with Crippen molar-refractivity contribution < 1.29 is 21.9 Å². The zero-order valence-electron chi connectivity index (χ0n) is 13.3. The molecule has 2 aromatic heterocycles. The highest BCUT2D eigenvalue weighted by molar-refractivity contribution is 6.50. The summed E-state index contributed by atoms with van der Waals surface area (Å²) < 4.78 is 42.5. The quantitative estimate of drug-likeness (QED) is 0.385. The van der Waals surface area contributed by atoms with Crippen molar-refractivity contribution in [3.05, 3.63) is 53.3 Å². The van der Waals surface area contributed by atoms with Crippen molar-refractivity contribution in [2.24, 2.45) is 7.05 Å². The Balaban J connectivity index is 0.000000324. The standard InChI is InChI=1S/C15H14N5.BF4/c1-19-15-16-10-13-8-7-12(14(13)20(15)18-17-19)9-11-5-3-2-4-6-11;2-1(3,4)5/h2-6,9-10H,7-8H2,1H3;/q+1;-1. The van der Waals surface area contributed by atoms with Gasteiger partial charge >= 0.3 is 13.0 Å². The Bertz CT molecular complexity index is 915. The number of allylic oxidation sites excluding steroid dienone is 1. The minimum atomic E-state index is -6.00. The number of nitrogens with zero attached hydrogens (tertiary/aromatic N) is 5. The third kappa shape index (κ3) is 4.01. The minimum Gasteiger partial charge on any atom is -0.418 e. The van der Waals surface area contributed by atoms with E-state index in [9.17, 15) is 17.3 Å². The fourth-order valence-electron chi connectivity index (χ4n) is 2.74. The maximum Gasteiger partial charge on any atom is 0.673 e. The Kier molecular flexibility index (Phi) is 4.52. The predicted octanol–water partition coefficient (Wildman–Crippen LogP) is 2.74. The van der Waals surface area contributed by atoms with Gasteiger partial charge in [0, 0.05) is 5.56 Å². The van der Waals surface area contributed by atoms with Crippen LogP contribution in [0.5, 0.6) is 0 Å². The van der Waals surface area contributed by atoms with Crippen LogP contribution in [0.2, 0.25) is 0 Å². The number of aryl methyl sites for hydroxylation is 2. The first-order chi connectivity index (χ1) is 11.8. The molecule has 130 valence electrons. The number of benzene rings is 1. The highest BCUT2D eigenvalue weighted by Crippen LogP contribution is 2.32. The Hall–Kier alpha value is -2.78. The third-order valence-electron chi connectivity index (χ3n) is 3.70. The maximum absolute atomic E-state index is 9.75. The van der Waals surface area contributed by atoms with E-state index in [-0.39, 0.29) is 0 Å². The monoisotopic (exact) mass is 351 g/mol. The Morgan fingerprint density at radius 3 is 2.48 bits per heavy atom. The summed E-state index contributed by atoms with van der Waals surface area (Å²) in [5.41, 5.74) is 4.89. The molecule has 0 aliphatic heterocycles. The molecule has 2 heterocycles. The molecule has 25 heavy (non-hydrogen) atoms. The van der Waals surface area contributed by atoms with Gasteiger partial charge < -0.3 is 17.3 Å². The fourth-order valence-corrected chi connectivity index (χ4v) is 2.74. The van der Waals surface area contributed by atoms with Crippen LogP contribution in [0.1, 0.15) is 23.2 Å². The molecule has 5 nitrogen and oxygen atoms in total. The van der Waals surface area contributed by atoms with Crippen LogP contribution in [0.4, 0.5) is 17.3 Å². The summed E-state index contributed by atoms with van der Waals surface area (Å²) >= 11 is 0. The van der Waals surface area contributed by atoms with Gasteiger partial charge in [0.15, 0.2) is 0 Å². The highest BCUT2D eigenvalue weighted by atomic mass is 19.5. The molecule has 0 atom stereocenters. The molecule has 1 aliphatic rings. The zero-order valence-corrected chi connectivity index (χ0v) is 13.3. The van der Waals surface area contributed by atoms with Gasteiger partial charge in [0.2, 0.25) is 0 Å². The van der Waals surface area contributed by atoms with E-state index in [1.54, 1.807) is 4.68 Å². The lowest BCUT2D eigenvalue weighted by Gasteiger charge is -1.99. The van der Waals surface area contributed by atoms with Crippen LogP contribution in [-0.2, 0) is 13.5 Å². The van der Waals surface area contributed by atoms with Crippen molar-refractivity contribution in [3.8, 4) is 0 Å². The van der Waals surface area contributed by atoms with Crippen LogP contribution >= 0.6 is 0 Å². The Labute approximate surface area is 140 Å². The normalized spacial score (nSPS) is 15.2. The van der Waals surface area contributed by atoms with Crippen LogP contribution in [-0.4, -0.2) is 27.2 Å². The van der Waals surface area contributed by atoms with Gasteiger partial charge in [-0.3, -0.25) is 0 Å². The second kappa shape index (κ2) is 6.62. The fraction of sp³-hybridized carbons (Fsp3) is 0.200. The topological polar surface area (TPSA) is 47.0 Å². The number of hydrogen-bond acceptors (Lipinski definition) is 3. The average Bonchev–Trinajstić information content (AvgIpc) is 3.11. The Morgan fingerprint density at radius 2 is 1.80 bits per heavy atom. The molecule has 0 saturated heterocycles. The van der Waals surface area contributed by atoms with Crippen LogP contribution in [0.3, 0.4) is 0 Å². The molecule has 0 N–H and O–H groups in total. The first-order valence-corrected chi connectivity index (χ1v) is 7.56. The van der Waals surface area contributed by atoms with E-state index >= 15 is 0 Å². The molecule has 0 amide bonds. The molecule has 0 saturated carbocycles. The molecule has 0 spiro atoms. The van der Waals surface area contributed by atoms with Gasteiger partial charge in [0.25, 0.3) is 0 Å².